The normalized spacial score (nSPS) is 12.7. The second-order valence-electron chi connectivity index (χ2n) is 3.71. The zero-order valence-electron chi connectivity index (χ0n) is 9.35. The summed E-state index contributed by atoms with van der Waals surface area (Å²) in [4.78, 5) is 1.16. The number of rotatable bonds is 6. The van der Waals surface area contributed by atoms with E-state index in [9.17, 15) is 4.39 Å². The molecule has 1 nitrogen and oxygen atoms in total. The first-order valence-corrected chi connectivity index (χ1v) is 6.10. The number of allylic oxidation sites excluding steroid dienone is 1. The Kier molecular flexibility index (Phi) is 4.99. The quantitative estimate of drug-likeness (QED) is 0.735. The van der Waals surface area contributed by atoms with E-state index in [2.05, 4.69) is 18.8 Å². The summed E-state index contributed by atoms with van der Waals surface area (Å²) >= 11 is 1.52. The van der Waals surface area contributed by atoms with Gasteiger partial charge in [-0.15, -0.1) is 17.9 Å². The Hall–Kier alpha value is -0.670. The van der Waals surface area contributed by atoms with E-state index in [0.717, 1.165) is 29.8 Å². The molecule has 0 aliphatic carbocycles. The first kappa shape index (κ1) is 12.4. The van der Waals surface area contributed by atoms with Gasteiger partial charge in [0.2, 0.25) is 0 Å². The van der Waals surface area contributed by atoms with Crippen molar-refractivity contribution in [1.82, 2.24) is 5.32 Å². The van der Waals surface area contributed by atoms with Crippen molar-refractivity contribution < 1.29 is 4.39 Å². The first-order chi connectivity index (χ1) is 7.20. The van der Waals surface area contributed by atoms with Crippen molar-refractivity contribution >= 4 is 11.3 Å². The van der Waals surface area contributed by atoms with Gasteiger partial charge >= 0.3 is 0 Å². The van der Waals surface area contributed by atoms with Crippen molar-refractivity contribution in [3.8, 4) is 0 Å². The summed E-state index contributed by atoms with van der Waals surface area (Å²) in [7, 11) is 1.89. The molecular formula is C12H18FNS. The maximum absolute atomic E-state index is 13.6. The molecule has 0 bridgehead atoms. The molecule has 0 fully saturated rings. The number of nitrogens with one attached hydrogen (secondary N) is 1. The predicted molar refractivity (Wildman–Crippen MR) is 65.1 cm³/mol. The van der Waals surface area contributed by atoms with Gasteiger partial charge in [-0.05, 0) is 25.8 Å². The molecule has 0 radical (unpaired) electrons. The fourth-order valence-electron chi connectivity index (χ4n) is 1.73. The Morgan fingerprint density at radius 1 is 1.67 bits per heavy atom. The Bertz CT molecular complexity index is 319. The van der Waals surface area contributed by atoms with Crippen molar-refractivity contribution in [2.75, 3.05) is 13.6 Å². The second kappa shape index (κ2) is 6.03. The molecule has 0 saturated heterocycles. The average molecular weight is 227 g/mol. The lowest BCUT2D eigenvalue weighted by Gasteiger charge is -2.12. The molecule has 1 heterocycles. The Morgan fingerprint density at radius 3 is 3.00 bits per heavy atom. The fraction of sp³-hybridized carbons (Fsp3) is 0.500. The number of thiophene rings is 1. The Balaban J connectivity index is 2.82. The molecule has 84 valence electrons. The summed E-state index contributed by atoms with van der Waals surface area (Å²) < 4.78 is 13.6. The van der Waals surface area contributed by atoms with E-state index in [1.54, 1.807) is 5.38 Å². The molecule has 1 rings (SSSR count). The maximum atomic E-state index is 13.6. The largest absolute Gasteiger partial charge is 0.319 e. The van der Waals surface area contributed by atoms with Gasteiger partial charge in [0, 0.05) is 22.4 Å². The molecule has 1 aromatic heterocycles. The molecule has 3 heteroatoms. The van der Waals surface area contributed by atoms with Crippen LogP contribution in [-0.2, 0) is 6.42 Å². The zero-order valence-corrected chi connectivity index (χ0v) is 10.2. The van der Waals surface area contributed by atoms with Crippen LogP contribution in [0.2, 0.25) is 0 Å². The van der Waals surface area contributed by atoms with Crippen molar-refractivity contribution in [1.29, 1.82) is 0 Å². The van der Waals surface area contributed by atoms with Gasteiger partial charge in [0.05, 0.1) is 0 Å². The molecule has 1 N–H and O–H groups in total. The average Bonchev–Trinajstić information content (AvgIpc) is 2.57. The molecule has 0 amide bonds. The number of halogens is 1. The molecule has 0 aromatic carbocycles. The van der Waals surface area contributed by atoms with Gasteiger partial charge in [-0.25, -0.2) is 4.39 Å². The van der Waals surface area contributed by atoms with E-state index in [4.69, 9.17) is 0 Å². The third kappa shape index (κ3) is 3.14. The van der Waals surface area contributed by atoms with E-state index in [0.29, 0.717) is 0 Å². The molecule has 15 heavy (non-hydrogen) atoms. The zero-order chi connectivity index (χ0) is 11.3. The van der Waals surface area contributed by atoms with E-state index < -0.39 is 0 Å². The molecular weight excluding hydrogens is 209 g/mol. The summed E-state index contributed by atoms with van der Waals surface area (Å²) in [5.41, 5.74) is 0.885. The van der Waals surface area contributed by atoms with Crippen molar-refractivity contribution in [3.05, 3.63) is 34.3 Å². The monoisotopic (exact) mass is 227 g/mol. The smallest absolute Gasteiger partial charge is 0.137 e. The van der Waals surface area contributed by atoms with Crippen LogP contribution in [-0.4, -0.2) is 13.6 Å². The second-order valence-corrected chi connectivity index (χ2v) is 4.67. The standard InChI is InChI=1S/C12H18FNS/c1-4-5-6-11-12(9(2)7-14-3)10(13)8-15-11/h4,8-9,14H,1,5-7H2,2-3H3. The SMILES string of the molecule is C=CCCc1scc(F)c1C(C)CNC. The van der Waals surface area contributed by atoms with Crippen molar-refractivity contribution in [3.63, 3.8) is 0 Å². The fourth-order valence-corrected chi connectivity index (χ4v) is 2.76. The minimum Gasteiger partial charge on any atom is -0.319 e. The van der Waals surface area contributed by atoms with Crippen LogP contribution in [0, 0.1) is 5.82 Å². The van der Waals surface area contributed by atoms with Gasteiger partial charge in [-0.2, -0.15) is 0 Å². The minimum absolute atomic E-state index is 0.0539. The molecule has 0 saturated carbocycles. The molecule has 0 spiro atoms. The van der Waals surface area contributed by atoms with Crippen LogP contribution in [0.15, 0.2) is 18.0 Å². The summed E-state index contributed by atoms with van der Waals surface area (Å²) in [6.45, 7) is 6.56. The maximum Gasteiger partial charge on any atom is 0.137 e. The number of hydrogen-bond donors (Lipinski definition) is 1. The van der Waals surface area contributed by atoms with E-state index in [1.807, 2.05) is 13.1 Å². The van der Waals surface area contributed by atoms with E-state index >= 15 is 0 Å². The van der Waals surface area contributed by atoms with Crippen LogP contribution in [0.5, 0.6) is 0 Å². The lowest BCUT2D eigenvalue weighted by Crippen LogP contribution is -2.16. The topological polar surface area (TPSA) is 12.0 Å². The molecule has 1 aromatic rings. The summed E-state index contributed by atoms with van der Waals surface area (Å²) in [5.74, 6) is 0.183. The highest BCUT2D eigenvalue weighted by Gasteiger charge is 2.16. The van der Waals surface area contributed by atoms with Gasteiger partial charge < -0.3 is 5.32 Å². The summed E-state index contributed by atoms with van der Waals surface area (Å²) in [5, 5.41) is 4.70. The van der Waals surface area contributed by atoms with E-state index in [1.165, 1.54) is 11.3 Å². The Labute approximate surface area is 95.0 Å². The highest BCUT2D eigenvalue weighted by molar-refractivity contribution is 7.10. The van der Waals surface area contributed by atoms with Crippen LogP contribution in [0.3, 0.4) is 0 Å². The molecule has 0 aliphatic rings. The highest BCUT2D eigenvalue weighted by Crippen LogP contribution is 2.29. The van der Waals surface area contributed by atoms with Gasteiger partial charge in [-0.3, -0.25) is 0 Å². The van der Waals surface area contributed by atoms with Gasteiger partial charge in [0.15, 0.2) is 0 Å². The Morgan fingerprint density at radius 2 is 2.40 bits per heavy atom. The van der Waals surface area contributed by atoms with Crippen molar-refractivity contribution in [2.24, 2.45) is 0 Å². The van der Waals surface area contributed by atoms with Gasteiger partial charge in [0.25, 0.3) is 0 Å². The summed E-state index contributed by atoms with van der Waals surface area (Å²) in [6, 6.07) is 0. The number of likely N-dealkylation sites (N-methyl/N-ethyl adjacent to an activating group) is 1. The number of aryl methyl sites for hydroxylation is 1. The molecule has 1 atom stereocenters. The van der Waals surface area contributed by atoms with Crippen LogP contribution < -0.4 is 5.32 Å². The lowest BCUT2D eigenvalue weighted by molar-refractivity contribution is 0.579. The van der Waals surface area contributed by atoms with Crippen molar-refractivity contribution in [2.45, 2.75) is 25.7 Å². The third-order valence-corrected chi connectivity index (χ3v) is 3.47. The van der Waals surface area contributed by atoms with Gasteiger partial charge in [-0.1, -0.05) is 13.0 Å². The van der Waals surface area contributed by atoms with Gasteiger partial charge in [0.1, 0.15) is 5.82 Å². The predicted octanol–water partition coefficient (Wildman–Crippen LogP) is 3.33. The van der Waals surface area contributed by atoms with Crippen LogP contribution in [0.4, 0.5) is 4.39 Å². The third-order valence-electron chi connectivity index (χ3n) is 2.44. The first-order valence-electron chi connectivity index (χ1n) is 5.22. The lowest BCUT2D eigenvalue weighted by atomic mass is 10.00. The van der Waals surface area contributed by atoms with E-state index in [-0.39, 0.29) is 11.7 Å². The number of hydrogen-bond acceptors (Lipinski definition) is 2. The summed E-state index contributed by atoms with van der Waals surface area (Å²) in [6.07, 6.45) is 3.70. The van der Waals surface area contributed by atoms with Crippen LogP contribution >= 0.6 is 11.3 Å². The molecule has 0 aliphatic heterocycles. The van der Waals surface area contributed by atoms with Crippen LogP contribution in [0.1, 0.15) is 29.7 Å². The van der Waals surface area contributed by atoms with Crippen LogP contribution in [0.25, 0.3) is 0 Å². The highest BCUT2D eigenvalue weighted by atomic mass is 32.1. The minimum atomic E-state index is -0.0539. The molecule has 1 unspecified atom stereocenters.